The van der Waals surface area contributed by atoms with Gasteiger partial charge in [-0.25, -0.2) is 4.98 Å². The first-order valence-electron chi connectivity index (χ1n) is 11.5. The zero-order valence-electron chi connectivity index (χ0n) is 21.7. The molecular formula is C28H28N2O7S. The van der Waals surface area contributed by atoms with Crippen LogP contribution in [0.4, 0.5) is 5.13 Å². The van der Waals surface area contributed by atoms with Crippen molar-refractivity contribution in [1.82, 2.24) is 4.98 Å². The van der Waals surface area contributed by atoms with Gasteiger partial charge in [0.2, 0.25) is 5.75 Å². The first-order chi connectivity index (χ1) is 18.5. The van der Waals surface area contributed by atoms with Gasteiger partial charge in [-0.05, 0) is 53.6 Å². The van der Waals surface area contributed by atoms with E-state index in [2.05, 4.69) is 10.3 Å². The summed E-state index contributed by atoms with van der Waals surface area (Å²) in [7, 11) is 7.85. The Hall–Kier alpha value is -4.44. The molecule has 3 aromatic carbocycles. The van der Waals surface area contributed by atoms with E-state index >= 15 is 0 Å². The standard InChI is InChI=1S/C28H28N2O7S/c1-32-19-9-10-20-25(15-19)38-28(29-20)30-26(31)16-37-22-12-17(8-11-21(22)33-2)6-7-18-13-23(34-3)27(36-5)24(14-18)35-4/h6-15H,16H2,1-5H3,(H,29,30,31). The van der Waals surface area contributed by atoms with Crippen molar-refractivity contribution >= 4 is 44.7 Å². The number of hydrogen-bond acceptors (Lipinski definition) is 9. The molecule has 4 aromatic rings. The molecule has 9 nitrogen and oxygen atoms in total. The number of fused-ring (bicyclic) bond motifs is 1. The van der Waals surface area contributed by atoms with Crippen molar-refractivity contribution in [3.05, 3.63) is 59.7 Å². The second-order valence-electron chi connectivity index (χ2n) is 7.89. The minimum absolute atomic E-state index is 0.213. The van der Waals surface area contributed by atoms with Crippen LogP contribution in [0.5, 0.6) is 34.5 Å². The lowest BCUT2D eigenvalue weighted by molar-refractivity contribution is -0.118. The maximum absolute atomic E-state index is 12.6. The van der Waals surface area contributed by atoms with Crippen molar-refractivity contribution in [2.45, 2.75) is 0 Å². The minimum Gasteiger partial charge on any atom is -0.497 e. The number of carbonyl (C=O) groups is 1. The fraction of sp³-hybridized carbons (Fsp3) is 0.214. The Morgan fingerprint density at radius 1 is 0.789 bits per heavy atom. The highest BCUT2D eigenvalue weighted by Crippen LogP contribution is 2.39. The van der Waals surface area contributed by atoms with Crippen LogP contribution in [0, 0.1) is 0 Å². The van der Waals surface area contributed by atoms with Gasteiger partial charge in [-0.15, -0.1) is 0 Å². The van der Waals surface area contributed by atoms with E-state index in [9.17, 15) is 4.79 Å². The first kappa shape index (κ1) is 26.6. The number of aromatic nitrogens is 1. The summed E-state index contributed by atoms with van der Waals surface area (Å²) in [6, 6.07) is 14.7. The molecule has 198 valence electrons. The lowest BCUT2D eigenvalue weighted by Gasteiger charge is -2.13. The zero-order chi connectivity index (χ0) is 27.1. The number of benzene rings is 3. The molecule has 0 aliphatic rings. The number of anilines is 1. The number of thiazole rings is 1. The van der Waals surface area contributed by atoms with Gasteiger partial charge in [-0.2, -0.15) is 0 Å². The predicted octanol–water partition coefficient (Wildman–Crippen LogP) is 5.53. The van der Waals surface area contributed by atoms with Gasteiger partial charge in [0.15, 0.2) is 34.7 Å². The fourth-order valence-electron chi connectivity index (χ4n) is 3.68. The summed E-state index contributed by atoms with van der Waals surface area (Å²) >= 11 is 1.36. The van der Waals surface area contributed by atoms with E-state index in [1.54, 1.807) is 47.7 Å². The number of methoxy groups -OCH3 is 5. The maximum Gasteiger partial charge on any atom is 0.264 e. The first-order valence-corrected chi connectivity index (χ1v) is 12.3. The molecule has 0 atom stereocenters. The fourth-order valence-corrected chi connectivity index (χ4v) is 4.59. The molecule has 0 aliphatic carbocycles. The van der Waals surface area contributed by atoms with Gasteiger partial charge in [0.1, 0.15) is 5.75 Å². The van der Waals surface area contributed by atoms with E-state index in [4.69, 9.17) is 28.4 Å². The van der Waals surface area contributed by atoms with Crippen molar-refractivity contribution in [3.63, 3.8) is 0 Å². The van der Waals surface area contributed by atoms with E-state index in [0.29, 0.717) is 33.9 Å². The van der Waals surface area contributed by atoms with E-state index in [0.717, 1.165) is 27.1 Å². The Labute approximate surface area is 224 Å². The van der Waals surface area contributed by atoms with Gasteiger partial charge < -0.3 is 28.4 Å². The van der Waals surface area contributed by atoms with Crippen LogP contribution >= 0.6 is 11.3 Å². The molecular weight excluding hydrogens is 508 g/mol. The smallest absolute Gasteiger partial charge is 0.264 e. The van der Waals surface area contributed by atoms with Crippen LogP contribution in [-0.4, -0.2) is 53.0 Å². The molecule has 0 aliphatic heterocycles. The van der Waals surface area contributed by atoms with Crippen LogP contribution in [0.1, 0.15) is 11.1 Å². The normalized spacial score (nSPS) is 10.9. The molecule has 10 heteroatoms. The second kappa shape index (κ2) is 12.2. The summed E-state index contributed by atoms with van der Waals surface area (Å²) in [5.74, 6) is 2.98. The highest BCUT2D eigenvalue weighted by molar-refractivity contribution is 7.22. The number of rotatable bonds is 11. The summed E-state index contributed by atoms with van der Waals surface area (Å²) in [6.07, 6.45) is 3.81. The molecule has 1 N–H and O–H groups in total. The molecule has 0 spiro atoms. The molecule has 38 heavy (non-hydrogen) atoms. The van der Waals surface area contributed by atoms with Gasteiger partial charge in [-0.1, -0.05) is 29.6 Å². The molecule has 0 unspecified atom stereocenters. The Morgan fingerprint density at radius 3 is 2.13 bits per heavy atom. The number of amides is 1. The molecule has 0 saturated carbocycles. The maximum atomic E-state index is 12.6. The Balaban J connectivity index is 1.46. The molecule has 0 radical (unpaired) electrons. The molecule has 0 bridgehead atoms. The second-order valence-corrected chi connectivity index (χ2v) is 8.92. The van der Waals surface area contributed by atoms with Crippen molar-refractivity contribution < 1.29 is 33.2 Å². The SMILES string of the molecule is COc1ccc2nc(NC(=O)COc3cc(C=Cc4cc(OC)c(OC)c(OC)c4)ccc3OC)sc2c1. The van der Waals surface area contributed by atoms with Crippen LogP contribution < -0.4 is 33.7 Å². The van der Waals surface area contributed by atoms with E-state index in [1.807, 2.05) is 48.6 Å². The number of ether oxygens (including phenoxy) is 6. The Kier molecular flexibility index (Phi) is 8.55. The van der Waals surface area contributed by atoms with Gasteiger partial charge in [0, 0.05) is 0 Å². The highest BCUT2D eigenvalue weighted by atomic mass is 32.1. The Bertz CT molecular complexity index is 1440. The number of carbonyl (C=O) groups excluding carboxylic acids is 1. The predicted molar refractivity (Wildman–Crippen MR) is 148 cm³/mol. The number of hydrogen-bond donors (Lipinski definition) is 1. The zero-order valence-corrected chi connectivity index (χ0v) is 22.5. The average Bonchev–Trinajstić information content (AvgIpc) is 3.35. The lowest BCUT2D eigenvalue weighted by Crippen LogP contribution is -2.20. The highest BCUT2D eigenvalue weighted by Gasteiger charge is 2.13. The molecule has 0 fully saturated rings. The third kappa shape index (κ3) is 6.09. The van der Waals surface area contributed by atoms with Crippen molar-refractivity contribution in [3.8, 4) is 34.5 Å². The quantitative estimate of drug-likeness (QED) is 0.250. The van der Waals surface area contributed by atoms with Crippen molar-refractivity contribution in [2.75, 3.05) is 47.5 Å². The number of nitrogens with zero attached hydrogens (tertiary/aromatic N) is 1. The summed E-state index contributed by atoms with van der Waals surface area (Å²) < 4.78 is 33.6. The van der Waals surface area contributed by atoms with Crippen molar-refractivity contribution in [1.29, 1.82) is 0 Å². The van der Waals surface area contributed by atoms with Crippen LogP contribution in [0.25, 0.3) is 22.4 Å². The summed E-state index contributed by atoms with van der Waals surface area (Å²) in [4.78, 5) is 17.0. The van der Waals surface area contributed by atoms with Gasteiger partial charge in [0.05, 0.1) is 45.8 Å². The van der Waals surface area contributed by atoms with Gasteiger partial charge in [0.25, 0.3) is 5.91 Å². The molecule has 1 heterocycles. The Morgan fingerprint density at radius 2 is 1.47 bits per heavy atom. The molecule has 1 amide bonds. The largest absolute Gasteiger partial charge is 0.497 e. The molecule has 4 rings (SSSR count). The molecule has 1 aromatic heterocycles. The lowest BCUT2D eigenvalue weighted by atomic mass is 10.1. The third-order valence-corrected chi connectivity index (χ3v) is 6.48. The summed E-state index contributed by atoms with van der Waals surface area (Å²) in [6.45, 7) is -0.213. The van der Waals surface area contributed by atoms with Crippen LogP contribution in [0.15, 0.2) is 48.5 Å². The van der Waals surface area contributed by atoms with Crippen LogP contribution in [0.3, 0.4) is 0 Å². The van der Waals surface area contributed by atoms with Crippen LogP contribution in [-0.2, 0) is 4.79 Å². The van der Waals surface area contributed by atoms with E-state index < -0.39 is 0 Å². The van der Waals surface area contributed by atoms with E-state index in [1.165, 1.54) is 11.3 Å². The van der Waals surface area contributed by atoms with Crippen molar-refractivity contribution in [2.24, 2.45) is 0 Å². The van der Waals surface area contributed by atoms with E-state index in [-0.39, 0.29) is 12.5 Å². The topological polar surface area (TPSA) is 97.4 Å². The minimum atomic E-state index is -0.337. The van der Waals surface area contributed by atoms with Gasteiger partial charge >= 0.3 is 0 Å². The van der Waals surface area contributed by atoms with Crippen LogP contribution in [0.2, 0.25) is 0 Å². The average molecular weight is 537 g/mol. The molecule has 0 saturated heterocycles. The summed E-state index contributed by atoms with van der Waals surface area (Å²) in [5.41, 5.74) is 2.47. The summed E-state index contributed by atoms with van der Waals surface area (Å²) in [5, 5.41) is 3.26. The van der Waals surface area contributed by atoms with Gasteiger partial charge in [-0.3, -0.25) is 10.1 Å². The third-order valence-electron chi connectivity index (χ3n) is 5.54. The number of nitrogens with one attached hydrogen (secondary N) is 1. The monoisotopic (exact) mass is 536 g/mol.